The van der Waals surface area contributed by atoms with E-state index in [1.807, 2.05) is 12.1 Å². The Hall–Kier alpha value is -1.60. The van der Waals surface area contributed by atoms with E-state index >= 15 is 0 Å². The highest BCUT2D eigenvalue weighted by Gasteiger charge is 2.39. The van der Waals surface area contributed by atoms with Crippen LogP contribution in [0.15, 0.2) is 62.3 Å². The van der Waals surface area contributed by atoms with Crippen molar-refractivity contribution in [1.82, 2.24) is 4.90 Å². The van der Waals surface area contributed by atoms with Crippen molar-refractivity contribution in [2.24, 2.45) is 4.99 Å². The zero-order chi connectivity index (χ0) is 21.3. The molecule has 0 unspecified atom stereocenters. The monoisotopic (exact) mass is 477 g/mol. The van der Waals surface area contributed by atoms with Gasteiger partial charge in [-0.1, -0.05) is 60.4 Å². The molecular weight excluding hydrogens is 457 g/mol. The number of nitrogens with zero attached hydrogens (tertiary/aromatic N) is 3. The molecule has 2 aromatic carbocycles. The smallest absolute Gasteiger partial charge is 0.269 e. The Morgan fingerprint density at radius 3 is 2.60 bits per heavy atom. The first kappa shape index (κ1) is 21.6. The third-order valence-corrected chi connectivity index (χ3v) is 7.77. The number of halogens is 2. The lowest BCUT2D eigenvalue weighted by Crippen LogP contribution is -2.30. The summed E-state index contributed by atoms with van der Waals surface area (Å²) in [5.41, 5.74) is 1.71. The van der Waals surface area contributed by atoms with Crippen molar-refractivity contribution in [3.8, 4) is 0 Å². The fraction of sp³-hybridized carbons (Fsp3) is 0.273. The molecule has 1 amide bonds. The number of unbranched alkanes of at least 4 members (excludes halogenated alkanes) is 1. The van der Waals surface area contributed by atoms with Gasteiger partial charge >= 0.3 is 0 Å². The van der Waals surface area contributed by atoms with E-state index in [4.69, 9.17) is 28.2 Å². The summed E-state index contributed by atoms with van der Waals surface area (Å²) < 4.78 is 0. The van der Waals surface area contributed by atoms with E-state index in [2.05, 4.69) is 30.9 Å². The fourth-order valence-corrected chi connectivity index (χ4v) is 6.06. The van der Waals surface area contributed by atoms with E-state index in [0.717, 1.165) is 30.1 Å². The molecule has 0 atom stereocenters. The van der Waals surface area contributed by atoms with Crippen LogP contribution in [0.4, 0.5) is 11.4 Å². The molecule has 156 valence electrons. The van der Waals surface area contributed by atoms with E-state index in [0.29, 0.717) is 32.4 Å². The molecule has 0 bridgehead atoms. The molecule has 2 heterocycles. The van der Waals surface area contributed by atoms with Gasteiger partial charge in [-0.3, -0.25) is 9.69 Å². The summed E-state index contributed by atoms with van der Waals surface area (Å²) in [7, 11) is 0. The quantitative estimate of drug-likeness (QED) is 0.428. The fourth-order valence-electron chi connectivity index (χ4n) is 3.32. The number of amides is 1. The van der Waals surface area contributed by atoms with Crippen LogP contribution in [0.5, 0.6) is 0 Å². The molecule has 4 nitrogen and oxygen atoms in total. The zero-order valence-corrected chi connectivity index (χ0v) is 19.8. The maximum absolute atomic E-state index is 13.4. The first-order chi connectivity index (χ1) is 14.5. The molecule has 0 aliphatic carbocycles. The molecule has 2 aliphatic rings. The van der Waals surface area contributed by atoms with E-state index in [1.165, 1.54) is 16.7 Å². The molecule has 1 fully saturated rings. The minimum absolute atomic E-state index is 0.000827. The Kier molecular flexibility index (Phi) is 6.68. The van der Waals surface area contributed by atoms with Gasteiger partial charge in [0.15, 0.2) is 5.17 Å². The number of carbonyl (C=O) groups excluding carboxylic acids is 1. The number of hydrogen-bond acceptors (Lipinski definition) is 5. The van der Waals surface area contributed by atoms with Crippen LogP contribution in [0.2, 0.25) is 10.0 Å². The molecule has 2 aliphatic heterocycles. The summed E-state index contributed by atoms with van der Waals surface area (Å²) >= 11 is 15.5. The number of carbonyl (C=O) groups is 1. The van der Waals surface area contributed by atoms with E-state index in [-0.39, 0.29) is 5.91 Å². The van der Waals surface area contributed by atoms with Crippen molar-refractivity contribution in [2.45, 2.75) is 31.6 Å². The molecule has 0 spiro atoms. The number of fused-ring (bicyclic) bond motifs is 1. The van der Waals surface area contributed by atoms with Gasteiger partial charge in [-0.2, -0.15) is 0 Å². The maximum Gasteiger partial charge on any atom is 0.269 e. The first-order valence-electron chi connectivity index (χ1n) is 9.85. The number of para-hydroxylation sites is 1. The van der Waals surface area contributed by atoms with Crippen molar-refractivity contribution in [1.29, 1.82) is 0 Å². The standard InChI is InChI=1S/C22H21Cl2N3OS2/c1-3-5-12-27-20(28)19(21-26(4-2)17-8-6-7-9-18(17)29-21)30-22(27)25-16-13-14(23)10-11-15(16)24/h6-11,13H,3-5,12H2,1-2H3. The van der Waals surface area contributed by atoms with Gasteiger partial charge in [-0.25, -0.2) is 4.99 Å². The average molecular weight is 478 g/mol. The predicted octanol–water partition coefficient (Wildman–Crippen LogP) is 7.16. The van der Waals surface area contributed by atoms with Crippen LogP contribution in [0.3, 0.4) is 0 Å². The van der Waals surface area contributed by atoms with Crippen LogP contribution >= 0.6 is 46.7 Å². The number of thioether (sulfide) groups is 2. The van der Waals surface area contributed by atoms with Crippen LogP contribution in [-0.4, -0.2) is 29.1 Å². The van der Waals surface area contributed by atoms with Crippen molar-refractivity contribution in [3.05, 3.63) is 62.4 Å². The minimum atomic E-state index is -0.000827. The first-order valence-corrected chi connectivity index (χ1v) is 12.2. The van der Waals surface area contributed by atoms with Gasteiger partial charge in [-0.15, -0.1) is 0 Å². The van der Waals surface area contributed by atoms with Crippen molar-refractivity contribution in [3.63, 3.8) is 0 Å². The number of aliphatic imine (C=N–C) groups is 1. The van der Waals surface area contributed by atoms with E-state index in [9.17, 15) is 4.79 Å². The Labute approximate surface area is 195 Å². The Morgan fingerprint density at radius 1 is 1.03 bits per heavy atom. The normalized spacial score (nSPS) is 19.9. The number of rotatable bonds is 5. The highest BCUT2D eigenvalue weighted by Crippen LogP contribution is 2.50. The maximum atomic E-state index is 13.4. The molecule has 4 rings (SSSR count). The lowest BCUT2D eigenvalue weighted by atomic mass is 10.3. The lowest BCUT2D eigenvalue weighted by Gasteiger charge is -2.19. The molecule has 0 radical (unpaired) electrons. The summed E-state index contributed by atoms with van der Waals surface area (Å²) in [4.78, 5) is 24.0. The molecule has 0 saturated carbocycles. The number of amidine groups is 1. The van der Waals surface area contributed by atoms with Gasteiger partial charge < -0.3 is 4.90 Å². The number of benzene rings is 2. The van der Waals surface area contributed by atoms with Crippen molar-refractivity contribution < 1.29 is 4.79 Å². The Balaban J connectivity index is 1.76. The van der Waals surface area contributed by atoms with Crippen molar-refractivity contribution in [2.75, 3.05) is 18.0 Å². The van der Waals surface area contributed by atoms with Gasteiger partial charge in [0, 0.05) is 23.0 Å². The SMILES string of the molecule is CCCCN1C(=O)C(=C2Sc3ccccc3N2CC)SC1=Nc1cc(Cl)ccc1Cl. The van der Waals surface area contributed by atoms with E-state index in [1.54, 1.807) is 34.9 Å². The molecule has 2 aromatic rings. The van der Waals surface area contributed by atoms with Crippen LogP contribution in [0, 0.1) is 0 Å². The van der Waals surface area contributed by atoms with Gasteiger partial charge in [0.2, 0.25) is 0 Å². The van der Waals surface area contributed by atoms with Crippen LogP contribution in [-0.2, 0) is 4.79 Å². The molecule has 8 heteroatoms. The minimum Gasteiger partial charge on any atom is -0.334 e. The Bertz CT molecular complexity index is 1050. The topological polar surface area (TPSA) is 35.9 Å². The van der Waals surface area contributed by atoms with E-state index < -0.39 is 0 Å². The number of anilines is 1. The number of hydrogen-bond donors (Lipinski definition) is 0. The average Bonchev–Trinajstić information content (AvgIpc) is 3.26. The van der Waals surface area contributed by atoms with Crippen molar-refractivity contribution >= 4 is 69.2 Å². The summed E-state index contributed by atoms with van der Waals surface area (Å²) in [5, 5.41) is 2.69. The second-order valence-electron chi connectivity index (χ2n) is 6.85. The molecule has 0 N–H and O–H groups in total. The van der Waals surface area contributed by atoms with Gasteiger partial charge in [0.25, 0.3) is 5.91 Å². The highest BCUT2D eigenvalue weighted by atomic mass is 35.5. The molecule has 0 aromatic heterocycles. The predicted molar refractivity (Wildman–Crippen MR) is 130 cm³/mol. The highest BCUT2D eigenvalue weighted by molar-refractivity contribution is 8.19. The third-order valence-electron chi connectivity index (χ3n) is 4.84. The summed E-state index contributed by atoms with van der Waals surface area (Å²) in [6.07, 6.45) is 1.90. The molecule has 1 saturated heterocycles. The van der Waals surface area contributed by atoms with Crippen LogP contribution in [0.1, 0.15) is 26.7 Å². The van der Waals surface area contributed by atoms with Crippen LogP contribution in [0.25, 0.3) is 0 Å². The largest absolute Gasteiger partial charge is 0.334 e. The molecule has 30 heavy (non-hydrogen) atoms. The second kappa shape index (κ2) is 9.27. The summed E-state index contributed by atoms with van der Waals surface area (Å²) in [6.45, 7) is 5.63. The third kappa shape index (κ3) is 4.11. The van der Waals surface area contributed by atoms with Gasteiger partial charge in [-0.05, 0) is 55.4 Å². The summed E-state index contributed by atoms with van der Waals surface area (Å²) in [5.74, 6) is -0.000827. The zero-order valence-electron chi connectivity index (χ0n) is 16.7. The Morgan fingerprint density at radius 2 is 1.83 bits per heavy atom. The van der Waals surface area contributed by atoms with Gasteiger partial charge in [0.05, 0.1) is 16.4 Å². The summed E-state index contributed by atoms with van der Waals surface area (Å²) in [6, 6.07) is 13.4. The van der Waals surface area contributed by atoms with Gasteiger partial charge in [0.1, 0.15) is 9.93 Å². The second-order valence-corrected chi connectivity index (χ2v) is 9.70. The lowest BCUT2D eigenvalue weighted by molar-refractivity contribution is -0.122. The molecular formula is C22H21Cl2N3OS2. The van der Waals surface area contributed by atoms with Crippen LogP contribution < -0.4 is 4.90 Å².